The zero-order valence-corrected chi connectivity index (χ0v) is 35.6. The van der Waals surface area contributed by atoms with Crippen LogP contribution in [-0.4, -0.2) is 70.1 Å². The van der Waals surface area contributed by atoms with E-state index in [1.165, 1.54) is 141 Å². The van der Waals surface area contributed by atoms with E-state index >= 15 is 0 Å². The van der Waals surface area contributed by atoms with Crippen molar-refractivity contribution in [2.75, 3.05) is 13.2 Å². The molecule has 0 aliphatic carbocycles. The van der Waals surface area contributed by atoms with E-state index in [2.05, 4.69) is 13.8 Å². The van der Waals surface area contributed by atoms with Crippen molar-refractivity contribution in [2.24, 2.45) is 0 Å². The van der Waals surface area contributed by atoms with Gasteiger partial charge in [-0.05, 0) is 12.8 Å². The van der Waals surface area contributed by atoms with Crippen molar-refractivity contribution in [1.29, 1.82) is 0 Å². The lowest BCUT2D eigenvalue weighted by Gasteiger charge is -2.22. The Kier molecular flexibility index (Phi) is 36.0. The summed E-state index contributed by atoms with van der Waals surface area (Å²) in [6.45, 7) is 3.59. The lowest BCUT2D eigenvalue weighted by molar-refractivity contribution is -0.175. The molecular formula is C45H82O11. The van der Waals surface area contributed by atoms with Crippen LogP contribution in [0, 0.1) is 0 Å². The van der Waals surface area contributed by atoms with Gasteiger partial charge in [0.05, 0.1) is 12.8 Å². The molecule has 0 saturated heterocycles. The van der Waals surface area contributed by atoms with Crippen LogP contribution in [0.1, 0.15) is 232 Å². The Labute approximate surface area is 339 Å². The van der Waals surface area contributed by atoms with Gasteiger partial charge in [0.15, 0.2) is 11.7 Å². The van der Waals surface area contributed by atoms with Gasteiger partial charge in [0, 0.05) is 12.8 Å². The highest BCUT2D eigenvalue weighted by atomic mass is 16.6. The third-order valence-corrected chi connectivity index (χ3v) is 10.4. The normalized spacial score (nSPS) is 12.8. The van der Waals surface area contributed by atoms with Crippen molar-refractivity contribution >= 4 is 29.8 Å². The number of esters is 3. The summed E-state index contributed by atoms with van der Waals surface area (Å²) in [6.07, 6.45) is 33.1. The molecule has 0 bridgehead atoms. The summed E-state index contributed by atoms with van der Waals surface area (Å²) in [6, 6.07) is 0. The topological polar surface area (TPSA) is 174 Å². The summed E-state index contributed by atoms with van der Waals surface area (Å²) in [4.78, 5) is 60.0. The number of carbonyl (C=O) groups excluding carboxylic acids is 3. The standard InChI is InChI=1S/C45H82O11/c1-3-5-7-9-11-13-15-17-19-21-23-25-27-29-31-33-41(48)54-37-39(38-55-43(50)36-45(53,44(51)52)35-40(46)47)56-42(49)34-32-30-28-26-24-22-20-18-16-14-12-10-8-6-4-2/h39,53H,3-38H2,1-2H3,(H,46,47)(H,51,52). The van der Waals surface area contributed by atoms with E-state index in [0.717, 1.165) is 38.5 Å². The van der Waals surface area contributed by atoms with Gasteiger partial charge in [-0.25, -0.2) is 4.79 Å². The summed E-state index contributed by atoms with van der Waals surface area (Å²) in [5.74, 6) is -5.67. The van der Waals surface area contributed by atoms with Gasteiger partial charge in [-0.15, -0.1) is 0 Å². The second-order valence-electron chi connectivity index (χ2n) is 16.0. The molecule has 0 aromatic heterocycles. The molecule has 328 valence electrons. The highest BCUT2D eigenvalue weighted by molar-refractivity contribution is 5.88. The molecule has 0 aliphatic heterocycles. The summed E-state index contributed by atoms with van der Waals surface area (Å²) in [7, 11) is 0. The van der Waals surface area contributed by atoms with Gasteiger partial charge in [-0.3, -0.25) is 19.2 Å². The Morgan fingerprint density at radius 1 is 0.429 bits per heavy atom. The average Bonchev–Trinajstić information content (AvgIpc) is 3.15. The Balaban J connectivity index is 4.46. The van der Waals surface area contributed by atoms with Crippen molar-refractivity contribution in [3.63, 3.8) is 0 Å². The van der Waals surface area contributed by atoms with Crippen molar-refractivity contribution in [1.82, 2.24) is 0 Å². The predicted molar refractivity (Wildman–Crippen MR) is 220 cm³/mol. The number of rotatable bonds is 42. The highest BCUT2D eigenvalue weighted by Gasteiger charge is 2.41. The SMILES string of the molecule is CCCCCCCCCCCCCCCCCC(=O)OCC(COC(=O)CC(O)(CC(=O)O)C(=O)O)OC(=O)CCCCCCCCCCCCCCCCC. The summed E-state index contributed by atoms with van der Waals surface area (Å²) in [5.41, 5.74) is -2.86. The van der Waals surface area contributed by atoms with Gasteiger partial charge in [0.2, 0.25) is 0 Å². The third-order valence-electron chi connectivity index (χ3n) is 10.4. The molecule has 0 rings (SSSR count). The minimum atomic E-state index is -2.86. The monoisotopic (exact) mass is 799 g/mol. The van der Waals surface area contributed by atoms with Crippen LogP contribution in [0.3, 0.4) is 0 Å². The van der Waals surface area contributed by atoms with Crippen molar-refractivity contribution in [3.05, 3.63) is 0 Å². The van der Waals surface area contributed by atoms with Gasteiger partial charge in [0.25, 0.3) is 0 Å². The van der Waals surface area contributed by atoms with Crippen molar-refractivity contribution < 1.29 is 53.5 Å². The predicted octanol–water partition coefficient (Wildman–Crippen LogP) is 11.2. The number of hydrogen-bond acceptors (Lipinski definition) is 9. The fourth-order valence-corrected chi connectivity index (χ4v) is 6.84. The van der Waals surface area contributed by atoms with Gasteiger partial charge in [-0.1, -0.05) is 194 Å². The molecule has 0 fully saturated rings. The largest absolute Gasteiger partial charge is 0.481 e. The molecule has 0 aromatic rings. The molecule has 0 amide bonds. The second-order valence-corrected chi connectivity index (χ2v) is 16.0. The van der Waals surface area contributed by atoms with Crippen LogP contribution < -0.4 is 0 Å². The summed E-state index contributed by atoms with van der Waals surface area (Å²) >= 11 is 0. The number of ether oxygens (including phenoxy) is 3. The lowest BCUT2D eigenvalue weighted by Crippen LogP contribution is -2.43. The Morgan fingerprint density at radius 2 is 0.732 bits per heavy atom. The van der Waals surface area contributed by atoms with Crippen LogP contribution in [0.4, 0.5) is 0 Å². The molecule has 3 N–H and O–H groups in total. The van der Waals surface area contributed by atoms with Crippen LogP contribution >= 0.6 is 0 Å². The molecule has 0 heterocycles. The molecule has 0 aromatic carbocycles. The highest BCUT2D eigenvalue weighted by Crippen LogP contribution is 2.19. The second kappa shape index (κ2) is 37.9. The van der Waals surface area contributed by atoms with E-state index in [4.69, 9.17) is 19.3 Å². The molecule has 56 heavy (non-hydrogen) atoms. The van der Waals surface area contributed by atoms with Crippen LogP contribution in [0.2, 0.25) is 0 Å². The first kappa shape index (κ1) is 53.3. The summed E-state index contributed by atoms with van der Waals surface area (Å²) < 4.78 is 15.9. The fourth-order valence-electron chi connectivity index (χ4n) is 6.84. The molecule has 0 spiro atoms. The Hall–Kier alpha value is -2.69. The molecule has 0 radical (unpaired) electrons. The van der Waals surface area contributed by atoms with Crippen molar-refractivity contribution in [3.8, 4) is 0 Å². The zero-order chi connectivity index (χ0) is 41.5. The number of unbranched alkanes of at least 4 members (excludes halogenated alkanes) is 28. The first-order valence-corrected chi connectivity index (χ1v) is 22.7. The van der Waals surface area contributed by atoms with Gasteiger partial charge < -0.3 is 29.5 Å². The van der Waals surface area contributed by atoms with E-state index < -0.39 is 61.0 Å². The molecule has 2 unspecified atom stereocenters. The summed E-state index contributed by atoms with van der Waals surface area (Å²) in [5, 5.41) is 28.4. The van der Waals surface area contributed by atoms with E-state index in [9.17, 15) is 34.2 Å². The maximum atomic E-state index is 12.7. The number of aliphatic hydroxyl groups is 1. The maximum Gasteiger partial charge on any atom is 0.336 e. The van der Waals surface area contributed by atoms with E-state index in [1.807, 2.05) is 0 Å². The molecule has 0 aliphatic rings. The number of carboxylic acids is 2. The first-order valence-electron chi connectivity index (χ1n) is 22.7. The number of carbonyl (C=O) groups is 5. The minimum Gasteiger partial charge on any atom is -0.481 e. The van der Waals surface area contributed by atoms with E-state index in [-0.39, 0.29) is 19.4 Å². The smallest absolute Gasteiger partial charge is 0.336 e. The molecule has 11 nitrogen and oxygen atoms in total. The van der Waals surface area contributed by atoms with Gasteiger partial charge >= 0.3 is 29.8 Å². The van der Waals surface area contributed by atoms with Crippen LogP contribution in [0.25, 0.3) is 0 Å². The average molecular weight is 799 g/mol. The molecule has 0 saturated carbocycles. The molecule has 11 heteroatoms. The maximum absolute atomic E-state index is 12.7. The van der Waals surface area contributed by atoms with Crippen LogP contribution in [-0.2, 0) is 38.2 Å². The molecule has 2 atom stereocenters. The minimum absolute atomic E-state index is 0.146. The van der Waals surface area contributed by atoms with Crippen molar-refractivity contribution in [2.45, 2.75) is 244 Å². The number of hydrogen-bond donors (Lipinski definition) is 3. The first-order chi connectivity index (χ1) is 27.0. The lowest BCUT2D eigenvalue weighted by atomic mass is 9.96. The van der Waals surface area contributed by atoms with E-state index in [0.29, 0.717) is 12.8 Å². The van der Waals surface area contributed by atoms with Crippen LogP contribution in [0.15, 0.2) is 0 Å². The quantitative estimate of drug-likeness (QED) is 0.0304. The van der Waals surface area contributed by atoms with Crippen LogP contribution in [0.5, 0.6) is 0 Å². The fraction of sp³-hybridized carbons (Fsp3) is 0.889. The third kappa shape index (κ3) is 34.5. The number of carboxylic acid groups (broad SMARTS) is 2. The molecular weight excluding hydrogens is 716 g/mol. The van der Waals surface area contributed by atoms with E-state index in [1.54, 1.807) is 0 Å². The Bertz CT molecular complexity index is 1000. The van der Waals surface area contributed by atoms with Gasteiger partial charge in [-0.2, -0.15) is 0 Å². The Morgan fingerprint density at radius 3 is 1.05 bits per heavy atom. The van der Waals surface area contributed by atoms with Gasteiger partial charge in [0.1, 0.15) is 13.2 Å². The zero-order valence-electron chi connectivity index (χ0n) is 35.6. The number of aliphatic carboxylic acids is 2.